The molecule has 2 aromatic heterocycles. The topological polar surface area (TPSA) is 99.3 Å². The van der Waals surface area contributed by atoms with Crippen LogP contribution in [-0.2, 0) is 12.8 Å². The molecule has 2 aromatic carbocycles. The van der Waals surface area contributed by atoms with Crippen LogP contribution in [0.1, 0.15) is 17.1 Å². The lowest BCUT2D eigenvalue weighted by atomic mass is 10.1. The standard InChI is InChI=1S/C19H18N6O/c26-18-16(12-13-6-2-1-3-7-13)24-25-19(23-18)20-11-10-17-21-14-8-4-5-9-15(14)22-17/h1-9H,10-12H2,(H,21,22)(H2,20,23,25,26). The highest BCUT2D eigenvalue weighted by Crippen LogP contribution is 2.10. The van der Waals surface area contributed by atoms with Gasteiger partial charge in [0.15, 0.2) is 0 Å². The molecule has 4 aromatic rings. The van der Waals surface area contributed by atoms with E-state index in [1.807, 2.05) is 54.6 Å². The Morgan fingerprint density at radius 2 is 1.73 bits per heavy atom. The molecule has 26 heavy (non-hydrogen) atoms. The number of nitrogens with one attached hydrogen (secondary N) is 3. The van der Waals surface area contributed by atoms with Crippen molar-refractivity contribution in [3.05, 3.63) is 82.0 Å². The predicted octanol–water partition coefficient (Wildman–Crippen LogP) is 2.29. The van der Waals surface area contributed by atoms with Crippen molar-refractivity contribution < 1.29 is 0 Å². The van der Waals surface area contributed by atoms with E-state index in [1.54, 1.807) is 0 Å². The molecule has 0 aliphatic rings. The van der Waals surface area contributed by atoms with Crippen molar-refractivity contribution >= 4 is 17.0 Å². The number of para-hydroxylation sites is 2. The van der Waals surface area contributed by atoms with Gasteiger partial charge in [-0.3, -0.25) is 9.78 Å². The van der Waals surface area contributed by atoms with Gasteiger partial charge in [0, 0.05) is 19.4 Å². The molecule has 0 spiro atoms. The van der Waals surface area contributed by atoms with E-state index in [4.69, 9.17) is 0 Å². The lowest BCUT2D eigenvalue weighted by Gasteiger charge is -2.04. The maximum atomic E-state index is 12.2. The molecule has 0 aliphatic heterocycles. The number of H-pyrrole nitrogens is 2. The van der Waals surface area contributed by atoms with E-state index in [2.05, 4.69) is 30.5 Å². The maximum absolute atomic E-state index is 12.2. The van der Waals surface area contributed by atoms with E-state index in [1.165, 1.54) is 0 Å². The third-order valence-corrected chi connectivity index (χ3v) is 4.07. The Labute approximate surface area is 149 Å². The zero-order valence-electron chi connectivity index (χ0n) is 14.1. The molecular weight excluding hydrogens is 328 g/mol. The number of hydrogen-bond donors (Lipinski definition) is 3. The number of aromatic amines is 2. The number of aromatic nitrogens is 5. The molecular formula is C19H18N6O. The largest absolute Gasteiger partial charge is 0.354 e. The normalized spacial score (nSPS) is 10.9. The summed E-state index contributed by atoms with van der Waals surface area (Å²) in [7, 11) is 0. The van der Waals surface area contributed by atoms with E-state index >= 15 is 0 Å². The van der Waals surface area contributed by atoms with Crippen molar-refractivity contribution in [2.75, 3.05) is 11.9 Å². The summed E-state index contributed by atoms with van der Waals surface area (Å²) in [6, 6.07) is 17.6. The van der Waals surface area contributed by atoms with Crippen LogP contribution in [0, 0.1) is 0 Å². The van der Waals surface area contributed by atoms with Crippen molar-refractivity contribution in [3.8, 4) is 0 Å². The van der Waals surface area contributed by atoms with E-state index in [0.29, 0.717) is 31.0 Å². The minimum Gasteiger partial charge on any atom is -0.354 e. The first-order valence-corrected chi connectivity index (χ1v) is 8.45. The minimum absolute atomic E-state index is 0.227. The lowest BCUT2D eigenvalue weighted by Crippen LogP contribution is -2.20. The molecule has 0 amide bonds. The molecule has 0 atom stereocenters. The molecule has 130 valence electrons. The second kappa shape index (κ2) is 7.18. The average Bonchev–Trinajstić information content (AvgIpc) is 3.07. The van der Waals surface area contributed by atoms with Crippen LogP contribution in [-0.4, -0.2) is 31.7 Å². The molecule has 0 saturated carbocycles. The second-order valence-corrected chi connectivity index (χ2v) is 5.99. The van der Waals surface area contributed by atoms with Crippen molar-refractivity contribution in [2.45, 2.75) is 12.8 Å². The highest BCUT2D eigenvalue weighted by Gasteiger charge is 2.06. The first-order chi connectivity index (χ1) is 12.8. The monoisotopic (exact) mass is 346 g/mol. The first kappa shape index (κ1) is 16.0. The number of benzene rings is 2. The van der Waals surface area contributed by atoms with Crippen molar-refractivity contribution in [1.29, 1.82) is 0 Å². The summed E-state index contributed by atoms with van der Waals surface area (Å²) >= 11 is 0. The Balaban J connectivity index is 1.37. The maximum Gasteiger partial charge on any atom is 0.274 e. The summed E-state index contributed by atoms with van der Waals surface area (Å²) in [5.74, 6) is 1.25. The molecule has 4 rings (SSSR count). The zero-order valence-corrected chi connectivity index (χ0v) is 14.1. The number of rotatable bonds is 6. The van der Waals surface area contributed by atoms with Gasteiger partial charge in [-0.25, -0.2) is 4.98 Å². The lowest BCUT2D eigenvalue weighted by molar-refractivity contribution is 0.847. The fourth-order valence-electron chi connectivity index (χ4n) is 2.77. The Kier molecular flexibility index (Phi) is 4.42. The van der Waals surface area contributed by atoms with Gasteiger partial charge in [0.1, 0.15) is 11.5 Å². The van der Waals surface area contributed by atoms with Gasteiger partial charge in [-0.2, -0.15) is 0 Å². The fourth-order valence-corrected chi connectivity index (χ4v) is 2.77. The van der Waals surface area contributed by atoms with Crippen molar-refractivity contribution in [1.82, 2.24) is 25.1 Å². The van der Waals surface area contributed by atoms with Gasteiger partial charge in [-0.15, -0.1) is 10.2 Å². The third kappa shape index (κ3) is 3.61. The second-order valence-electron chi connectivity index (χ2n) is 5.99. The third-order valence-electron chi connectivity index (χ3n) is 4.07. The van der Waals surface area contributed by atoms with Crippen LogP contribution in [0.5, 0.6) is 0 Å². The van der Waals surface area contributed by atoms with Gasteiger partial charge in [0.05, 0.1) is 11.0 Å². The van der Waals surface area contributed by atoms with E-state index in [9.17, 15) is 4.79 Å². The van der Waals surface area contributed by atoms with Crippen LogP contribution in [0.15, 0.2) is 59.4 Å². The van der Waals surface area contributed by atoms with Gasteiger partial charge < -0.3 is 10.3 Å². The zero-order chi connectivity index (χ0) is 17.8. The van der Waals surface area contributed by atoms with Crippen LogP contribution in [0.2, 0.25) is 0 Å². The quantitative estimate of drug-likeness (QED) is 0.497. The van der Waals surface area contributed by atoms with Gasteiger partial charge in [-0.1, -0.05) is 42.5 Å². The fraction of sp³-hybridized carbons (Fsp3) is 0.158. The van der Waals surface area contributed by atoms with Crippen LogP contribution in [0.25, 0.3) is 11.0 Å². The van der Waals surface area contributed by atoms with E-state index in [-0.39, 0.29) is 5.56 Å². The van der Waals surface area contributed by atoms with Crippen molar-refractivity contribution in [2.24, 2.45) is 0 Å². The van der Waals surface area contributed by atoms with Crippen molar-refractivity contribution in [3.63, 3.8) is 0 Å². The summed E-state index contributed by atoms with van der Waals surface area (Å²) in [4.78, 5) is 22.7. The molecule has 0 radical (unpaired) electrons. The predicted molar refractivity (Wildman–Crippen MR) is 100 cm³/mol. The molecule has 7 heteroatoms. The summed E-state index contributed by atoms with van der Waals surface area (Å²) < 4.78 is 0. The first-order valence-electron chi connectivity index (χ1n) is 8.45. The molecule has 3 N–H and O–H groups in total. The van der Waals surface area contributed by atoms with E-state index < -0.39 is 0 Å². The summed E-state index contributed by atoms with van der Waals surface area (Å²) in [5, 5.41) is 11.2. The minimum atomic E-state index is -0.227. The number of anilines is 1. The highest BCUT2D eigenvalue weighted by atomic mass is 16.1. The average molecular weight is 346 g/mol. The molecule has 0 saturated heterocycles. The Morgan fingerprint density at radius 1 is 0.923 bits per heavy atom. The molecule has 2 heterocycles. The smallest absolute Gasteiger partial charge is 0.274 e. The number of hydrogen-bond acceptors (Lipinski definition) is 5. The van der Waals surface area contributed by atoms with E-state index in [0.717, 1.165) is 22.4 Å². The summed E-state index contributed by atoms with van der Waals surface area (Å²) in [6.45, 7) is 0.586. The molecule has 0 fully saturated rings. The highest BCUT2D eigenvalue weighted by molar-refractivity contribution is 5.74. The Bertz CT molecular complexity index is 1040. The van der Waals surface area contributed by atoms with Crippen LogP contribution in [0.3, 0.4) is 0 Å². The number of fused-ring (bicyclic) bond motifs is 1. The van der Waals surface area contributed by atoms with Gasteiger partial charge >= 0.3 is 0 Å². The molecule has 0 aliphatic carbocycles. The number of nitrogens with zero attached hydrogens (tertiary/aromatic N) is 3. The number of imidazole rings is 1. The van der Waals surface area contributed by atoms with Gasteiger partial charge in [-0.05, 0) is 17.7 Å². The molecule has 0 bridgehead atoms. The van der Waals surface area contributed by atoms with Gasteiger partial charge in [0.25, 0.3) is 5.56 Å². The molecule has 7 nitrogen and oxygen atoms in total. The SMILES string of the molecule is O=c1[nH]c(NCCc2nc3ccccc3[nH]2)nnc1Cc1ccccc1. The van der Waals surface area contributed by atoms with Crippen LogP contribution in [0.4, 0.5) is 5.95 Å². The molecule has 0 unspecified atom stereocenters. The Hall–Kier alpha value is -3.48. The van der Waals surface area contributed by atoms with Crippen LogP contribution < -0.4 is 10.9 Å². The summed E-state index contributed by atoms with van der Waals surface area (Å²) in [5.41, 5.74) is 3.16. The van der Waals surface area contributed by atoms with Gasteiger partial charge in [0.2, 0.25) is 5.95 Å². The van der Waals surface area contributed by atoms with Crippen LogP contribution >= 0.6 is 0 Å². The summed E-state index contributed by atoms with van der Waals surface area (Å²) in [6.07, 6.45) is 1.15. The Morgan fingerprint density at radius 3 is 2.54 bits per heavy atom.